The van der Waals surface area contributed by atoms with Gasteiger partial charge >= 0.3 is 11.9 Å². The number of thioether (sulfide) groups is 1. The van der Waals surface area contributed by atoms with E-state index in [0.717, 1.165) is 30.1 Å². The van der Waals surface area contributed by atoms with E-state index in [0.29, 0.717) is 6.79 Å². The van der Waals surface area contributed by atoms with Gasteiger partial charge in [0.15, 0.2) is 11.5 Å². The van der Waals surface area contributed by atoms with E-state index in [4.69, 9.17) is 25.8 Å². The molecule has 3 heterocycles. The van der Waals surface area contributed by atoms with Crippen molar-refractivity contribution < 1.29 is 37.5 Å². The molecule has 13 heteroatoms. The van der Waals surface area contributed by atoms with Crippen molar-refractivity contribution in [3.05, 3.63) is 23.8 Å². The van der Waals surface area contributed by atoms with Gasteiger partial charge in [0.2, 0.25) is 16.5 Å². The van der Waals surface area contributed by atoms with Crippen LogP contribution in [0.1, 0.15) is 78.7 Å². The lowest BCUT2D eigenvalue weighted by Gasteiger charge is -2.46. The molecule has 4 rings (SSSR count). The lowest BCUT2D eigenvalue weighted by Crippen LogP contribution is -2.68. The Morgan fingerprint density at radius 1 is 1.17 bits per heavy atom. The normalized spacial score (nSPS) is 24.5. The number of ether oxygens (including phenoxy) is 4. The van der Waals surface area contributed by atoms with E-state index in [1.54, 1.807) is 0 Å². The van der Waals surface area contributed by atoms with Crippen molar-refractivity contribution in [3.8, 4) is 11.5 Å². The number of alkyl halides is 2. The van der Waals surface area contributed by atoms with Crippen LogP contribution in [0.3, 0.4) is 0 Å². The van der Waals surface area contributed by atoms with Gasteiger partial charge in [0.1, 0.15) is 11.4 Å². The maximum atomic E-state index is 12.3. The first-order chi connectivity index (χ1) is 19.8. The molecule has 9 nitrogen and oxygen atoms in total. The van der Waals surface area contributed by atoms with Crippen molar-refractivity contribution in [1.82, 2.24) is 4.90 Å². The second-order valence-corrected chi connectivity index (χ2v) is 17.7. The third-order valence-electron chi connectivity index (χ3n) is 7.23. The highest BCUT2D eigenvalue weighted by Crippen LogP contribution is 2.59. The summed E-state index contributed by atoms with van der Waals surface area (Å²) in [6, 6.07) is 5.27. The van der Waals surface area contributed by atoms with Gasteiger partial charge in [0, 0.05) is 33.5 Å². The minimum Gasteiger partial charge on any atom is -0.454 e. The predicted octanol–water partition coefficient (Wildman–Crippen LogP) is 5.94. The average molecular weight is 758 g/mol. The van der Waals surface area contributed by atoms with Crippen molar-refractivity contribution in [2.75, 3.05) is 19.3 Å². The number of fused-ring (bicyclic) bond motifs is 2. The predicted molar refractivity (Wildman–Crippen MR) is 174 cm³/mol. The van der Waals surface area contributed by atoms with Gasteiger partial charge < -0.3 is 23.8 Å². The molecule has 0 aromatic heterocycles. The van der Waals surface area contributed by atoms with E-state index in [-0.39, 0.29) is 16.5 Å². The number of rotatable bonds is 13. The largest absolute Gasteiger partial charge is 0.454 e. The van der Waals surface area contributed by atoms with Crippen LogP contribution in [0, 0.1) is 0 Å². The summed E-state index contributed by atoms with van der Waals surface area (Å²) < 4.78 is 31.0. The molecule has 3 unspecified atom stereocenters. The smallest absolute Gasteiger partial charge is 0.333 e. The van der Waals surface area contributed by atoms with E-state index >= 15 is 0 Å². The molecule has 3 aliphatic rings. The Kier molecular flexibility index (Phi) is 13.1. The van der Waals surface area contributed by atoms with Crippen LogP contribution in [-0.2, 0) is 41.1 Å². The van der Waals surface area contributed by atoms with Crippen LogP contribution in [0.4, 0.5) is 0 Å². The van der Waals surface area contributed by atoms with Crippen LogP contribution < -0.4 is 9.47 Å². The Balaban J connectivity index is 0.000000231. The number of amides is 1. The Morgan fingerprint density at radius 2 is 1.83 bits per heavy atom. The zero-order valence-corrected chi connectivity index (χ0v) is 29.4. The van der Waals surface area contributed by atoms with Crippen molar-refractivity contribution >= 4 is 74.6 Å². The molecule has 0 bridgehead atoms. The first-order valence-corrected chi connectivity index (χ1v) is 18.0. The second kappa shape index (κ2) is 15.7. The number of halogens is 2. The summed E-state index contributed by atoms with van der Waals surface area (Å²) in [5.74, 6) is 1.02. The lowest BCUT2D eigenvalue weighted by molar-refractivity contribution is -0.174. The average Bonchev–Trinajstić information content (AvgIpc) is 3.50. The zero-order chi connectivity index (χ0) is 31.1. The van der Waals surface area contributed by atoms with Gasteiger partial charge in [-0.25, -0.2) is 4.79 Å². The maximum absolute atomic E-state index is 12.3. The van der Waals surface area contributed by atoms with Crippen molar-refractivity contribution in [2.45, 2.75) is 104 Å². The second-order valence-electron chi connectivity index (χ2n) is 11.1. The molecular weight excluding hydrogens is 717 g/mol. The number of carbonyl (C=O) groups is 3. The van der Waals surface area contributed by atoms with E-state index < -0.39 is 43.2 Å². The monoisotopic (exact) mass is 757 g/mol. The molecular formula is C29H41ClINO8S2. The van der Waals surface area contributed by atoms with Gasteiger partial charge in [0.25, 0.3) is 5.91 Å². The highest BCUT2D eigenvalue weighted by molar-refractivity contribution is 14.1. The number of hydrogen-bond acceptors (Lipinski definition) is 9. The fourth-order valence-electron chi connectivity index (χ4n) is 4.93. The van der Waals surface area contributed by atoms with Crippen LogP contribution in [0.2, 0.25) is 0 Å². The maximum Gasteiger partial charge on any atom is 0.333 e. The number of β-lactam (4-membered cyclic amide) rings is 1. The van der Waals surface area contributed by atoms with Crippen LogP contribution in [0.5, 0.6) is 11.5 Å². The number of esters is 2. The molecule has 1 amide bonds. The molecule has 5 atom stereocenters. The first kappa shape index (κ1) is 35.2. The van der Waals surface area contributed by atoms with Gasteiger partial charge in [-0.2, -0.15) is 0 Å². The van der Waals surface area contributed by atoms with Gasteiger partial charge in [-0.1, -0.05) is 63.6 Å². The molecule has 0 aliphatic carbocycles. The van der Waals surface area contributed by atoms with Crippen LogP contribution in [-0.4, -0.2) is 70.6 Å². The van der Waals surface area contributed by atoms with Crippen LogP contribution in [0.15, 0.2) is 18.2 Å². The standard InChI is InChI=1S/C18H28O3S.C11H13ClINO5S/c1-3-4-5-6-7-8-11-22(19)15(2)12-16-9-10-17-18(13-16)21-14-20-17;1-5(15)18-4-19-7(16)6-10(2,3)20-9-11(12,13)8(17)14(6)9/h9-10,13,15H,3-8,11-12,14H2,1-2H3;6,9H,4H2,1-3H3/t;6-,9+,11?/m.0/s1. The molecule has 2 fully saturated rings. The third kappa shape index (κ3) is 8.90. The molecule has 2 saturated heterocycles. The van der Waals surface area contributed by atoms with Gasteiger partial charge in [-0.3, -0.25) is 13.8 Å². The summed E-state index contributed by atoms with van der Waals surface area (Å²) in [7, 11) is -0.743. The minimum atomic E-state index is -1.01. The van der Waals surface area contributed by atoms with Crippen molar-refractivity contribution in [2.24, 2.45) is 0 Å². The molecule has 42 heavy (non-hydrogen) atoms. The molecule has 1 aromatic carbocycles. The zero-order valence-electron chi connectivity index (χ0n) is 24.8. The summed E-state index contributed by atoms with van der Waals surface area (Å²) in [5, 5.41) is -0.0745. The fraction of sp³-hybridized carbons (Fsp3) is 0.690. The summed E-state index contributed by atoms with van der Waals surface area (Å²) in [6.45, 7) is 9.09. The van der Waals surface area contributed by atoms with Gasteiger partial charge in [0.05, 0.1) is 0 Å². The van der Waals surface area contributed by atoms with E-state index in [2.05, 4.69) is 18.6 Å². The Morgan fingerprint density at radius 3 is 2.52 bits per heavy atom. The SMILES string of the molecule is CC(=O)OCOC(=O)[C@@H]1N2C(=O)C(Cl)(I)[C@H]2SC1(C)C.CCCCCCCCS(=O)C(C)Cc1ccc2c(c1)OCO2. The summed E-state index contributed by atoms with van der Waals surface area (Å²) >= 11 is 9.50. The Bertz CT molecular complexity index is 1150. The number of carbonyl (C=O) groups excluding carboxylic acids is 3. The Labute approximate surface area is 274 Å². The van der Waals surface area contributed by atoms with Gasteiger partial charge in [-0.15, -0.1) is 11.8 Å². The Hall–Kier alpha value is -1.25. The lowest BCUT2D eigenvalue weighted by atomic mass is 9.98. The third-order valence-corrected chi connectivity index (χ3v) is 12.6. The summed E-state index contributed by atoms with van der Waals surface area (Å²) in [6.07, 6.45) is 8.32. The quantitative estimate of drug-likeness (QED) is 0.0604. The van der Waals surface area contributed by atoms with E-state index in [1.165, 1.54) is 61.3 Å². The number of benzene rings is 1. The minimum absolute atomic E-state index is 0.191. The molecule has 0 N–H and O–H groups in total. The van der Waals surface area contributed by atoms with Crippen LogP contribution >= 0.6 is 46.0 Å². The molecule has 3 aliphatic heterocycles. The summed E-state index contributed by atoms with van der Waals surface area (Å²) in [4.78, 5) is 36.2. The van der Waals surface area contributed by atoms with Crippen molar-refractivity contribution in [1.29, 1.82) is 0 Å². The van der Waals surface area contributed by atoms with E-state index in [1.807, 2.05) is 54.6 Å². The topological polar surface area (TPSA) is 108 Å². The molecule has 0 radical (unpaired) electrons. The van der Waals surface area contributed by atoms with Crippen molar-refractivity contribution in [3.63, 3.8) is 0 Å². The fourth-order valence-corrected chi connectivity index (χ4v) is 8.99. The number of hydrogen-bond donors (Lipinski definition) is 0. The molecule has 1 aromatic rings. The summed E-state index contributed by atoms with van der Waals surface area (Å²) in [5.41, 5.74) is 1.17. The molecule has 236 valence electrons. The number of nitrogens with zero attached hydrogens (tertiary/aromatic N) is 1. The van der Waals surface area contributed by atoms with E-state index in [9.17, 15) is 18.6 Å². The molecule has 0 saturated carbocycles. The van der Waals surface area contributed by atoms with Gasteiger partial charge in [-0.05, 0) is 67.0 Å². The number of unbranched alkanes of at least 4 members (excludes halogenated alkanes) is 5. The highest BCUT2D eigenvalue weighted by Gasteiger charge is 2.70. The molecule has 0 spiro atoms. The highest BCUT2D eigenvalue weighted by atomic mass is 127. The van der Waals surface area contributed by atoms with Crippen LogP contribution in [0.25, 0.3) is 0 Å². The first-order valence-electron chi connectivity index (χ1n) is 14.2.